The van der Waals surface area contributed by atoms with Crippen LogP contribution in [0.15, 0.2) is 29.3 Å². The molecule has 0 heterocycles. The maximum atomic E-state index is 5.46. The highest BCUT2D eigenvalue weighted by Crippen LogP contribution is 2.07. The van der Waals surface area contributed by atoms with E-state index in [0.29, 0.717) is 13.2 Å². The summed E-state index contributed by atoms with van der Waals surface area (Å²) in [6.45, 7) is 6.04. The van der Waals surface area contributed by atoms with E-state index >= 15 is 0 Å². The monoisotopic (exact) mass is 335 g/mol. The van der Waals surface area contributed by atoms with Gasteiger partial charge in [0.25, 0.3) is 0 Å². The van der Waals surface area contributed by atoms with E-state index in [0.717, 1.165) is 44.9 Å². The fraction of sp³-hybridized carbons (Fsp3) is 0.632. The van der Waals surface area contributed by atoms with Gasteiger partial charge in [0.1, 0.15) is 0 Å². The molecule has 0 unspecified atom stereocenters. The molecule has 0 saturated carbocycles. The average Bonchev–Trinajstić information content (AvgIpc) is 2.61. The SMILES string of the molecule is CCc1ccc(CN(C)C(=NC)NCCCCOCCOC)cc1. The van der Waals surface area contributed by atoms with E-state index in [4.69, 9.17) is 9.47 Å². The Morgan fingerprint density at radius 2 is 1.79 bits per heavy atom. The molecule has 0 bridgehead atoms. The van der Waals surface area contributed by atoms with Gasteiger partial charge in [-0.2, -0.15) is 0 Å². The van der Waals surface area contributed by atoms with Crippen LogP contribution in [0.3, 0.4) is 0 Å². The van der Waals surface area contributed by atoms with Crippen LogP contribution < -0.4 is 5.32 Å². The second kappa shape index (κ2) is 12.8. The molecule has 1 rings (SSSR count). The van der Waals surface area contributed by atoms with Gasteiger partial charge in [-0.1, -0.05) is 31.2 Å². The highest BCUT2D eigenvalue weighted by molar-refractivity contribution is 5.79. The van der Waals surface area contributed by atoms with E-state index in [1.165, 1.54) is 11.1 Å². The zero-order chi connectivity index (χ0) is 17.6. The van der Waals surface area contributed by atoms with Crippen LogP contribution in [0.25, 0.3) is 0 Å². The van der Waals surface area contributed by atoms with Crippen LogP contribution in [0.2, 0.25) is 0 Å². The molecule has 1 aromatic carbocycles. The average molecular weight is 335 g/mol. The molecule has 0 spiro atoms. The topological polar surface area (TPSA) is 46.1 Å². The third-order valence-corrected chi connectivity index (χ3v) is 3.85. The van der Waals surface area contributed by atoms with Crippen LogP contribution in [0.5, 0.6) is 0 Å². The van der Waals surface area contributed by atoms with Crippen molar-refractivity contribution in [3.8, 4) is 0 Å². The third-order valence-electron chi connectivity index (χ3n) is 3.85. The molecule has 136 valence electrons. The number of benzene rings is 1. The lowest BCUT2D eigenvalue weighted by Crippen LogP contribution is -2.38. The first-order valence-electron chi connectivity index (χ1n) is 8.77. The number of unbranched alkanes of at least 4 members (excludes halogenated alkanes) is 1. The number of nitrogens with zero attached hydrogens (tertiary/aromatic N) is 2. The molecular weight excluding hydrogens is 302 g/mol. The quantitative estimate of drug-likeness (QED) is 0.384. The molecule has 5 heteroatoms. The lowest BCUT2D eigenvalue weighted by molar-refractivity contribution is 0.0689. The number of ether oxygens (including phenoxy) is 2. The minimum absolute atomic E-state index is 0.662. The van der Waals surface area contributed by atoms with Crippen LogP contribution in [-0.4, -0.2) is 58.4 Å². The number of nitrogens with one attached hydrogen (secondary N) is 1. The maximum Gasteiger partial charge on any atom is 0.193 e. The molecule has 0 radical (unpaired) electrons. The third kappa shape index (κ3) is 8.31. The normalized spacial score (nSPS) is 11.6. The van der Waals surface area contributed by atoms with Crippen LogP contribution in [-0.2, 0) is 22.4 Å². The van der Waals surface area contributed by atoms with E-state index in [1.54, 1.807) is 7.11 Å². The molecular formula is C19H33N3O2. The van der Waals surface area contributed by atoms with Gasteiger partial charge in [-0.3, -0.25) is 4.99 Å². The van der Waals surface area contributed by atoms with E-state index < -0.39 is 0 Å². The fourth-order valence-electron chi connectivity index (χ4n) is 2.39. The van der Waals surface area contributed by atoms with Gasteiger partial charge in [-0.25, -0.2) is 0 Å². The summed E-state index contributed by atoms with van der Waals surface area (Å²) in [5, 5.41) is 3.41. The van der Waals surface area contributed by atoms with Crippen molar-refractivity contribution in [2.45, 2.75) is 32.7 Å². The van der Waals surface area contributed by atoms with Crippen molar-refractivity contribution in [2.24, 2.45) is 4.99 Å². The Bertz CT molecular complexity index is 460. The highest BCUT2D eigenvalue weighted by Gasteiger charge is 2.06. The summed E-state index contributed by atoms with van der Waals surface area (Å²) in [5.41, 5.74) is 2.67. The second-order valence-electron chi connectivity index (χ2n) is 5.81. The Balaban J connectivity index is 2.24. The summed E-state index contributed by atoms with van der Waals surface area (Å²) < 4.78 is 10.4. The Morgan fingerprint density at radius 3 is 2.42 bits per heavy atom. The number of guanidine groups is 1. The largest absolute Gasteiger partial charge is 0.382 e. The van der Waals surface area contributed by atoms with Crippen LogP contribution in [0.1, 0.15) is 30.9 Å². The molecule has 0 aliphatic heterocycles. The lowest BCUT2D eigenvalue weighted by Gasteiger charge is -2.22. The number of aliphatic imine (C=N–C) groups is 1. The molecule has 0 fully saturated rings. The summed E-state index contributed by atoms with van der Waals surface area (Å²) >= 11 is 0. The smallest absolute Gasteiger partial charge is 0.193 e. The van der Waals surface area contributed by atoms with Crippen LogP contribution in [0.4, 0.5) is 0 Å². The first kappa shape index (κ1) is 20.5. The number of rotatable bonds is 11. The molecule has 1 N–H and O–H groups in total. The van der Waals surface area contributed by atoms with Crippen molar-refractivity contribution < 1.29 is 9.47 Å². The van der Waals surface area contributed by atoms with E-state index in [9.17, 15) is 0 Å². The molecule has 0 saturated heterocycles. The van der Waals surface area contributed by atoms with Crippen molar-refractivity contribution in [3.63, 3.8) is 0 Å². The molecule has 0 atom stereocenters. The Labute approximate surface area is 147 Å². The van der Waals surface area contributed by atoms with Crippen molar-refractivity contribution in [3.05, 3.63) is 35.4 Å². The first-order chi connectivity index (χ1) is 11.7. The number of hydrogen-bond donors (Lipinski definition) is 1. The summed E-state index contributed by atoms with van der Waals surface area (Å²) in [6.07, 6.45) is 3.18. The minimum Gasteiger partial charge on any atom is -0.382 e. The van der Waals surface area contributed by atoms with Gasteiger partial charge in [0.15, 0.2) is 5.96 Å². The second-order valence-corrected chi connectivity index (χ2v) is 5.81. The van der Waals surface area contributed by atoms with Gasteiger partial charge in [0.05, 0.1) is 13.2 Å². The summed E-state index contributed by atoms with van der Waals surface area (Å²) in [4.78, 5) is 6.51. The number of hydrogen-bond acceptors (Lipinski definition) is 3. The van der Waals surface area contributed by atoms with E-state index in [1.807, 2.05) is 7.05 Å². The van der Waals surface area contributed by atoms with E-state index in [-0.39, 0.29) is 0 Å². The molecule has 1 aromatic rings. The zero-order valence-corrected chi connectivity index (χ0v) is 15.7. The van der Waals surface area contributed by atoms with Crippen LogP contribution >= 0.6 is 0 Å². The van der Waals surface area contributed by atoms with Crippen molar-refractivity contribution >= 4 is 5.96 Å². The maximum absolute atomic E-state index is 5.46. The van der Waals surface area contributed by atoms with Gasteiger partial charge >= 0.3 is 0 Å². The minimum atomic E-state index is 0.662. The molecule has 0 aromatic heterocycles. The van der Waals surface area contributed by atoms with Gasteiger partial charge in [-0.15, -0.1) is 0 Å². The van der Waals surface area contributed by atoms with E-state index in [2.05, 4.69) is 53.4 Å². The van der Waals surface area contributed by atoms with Crippen molar-refractivity contribution in [2.75, 3.05) is 47.6 Å². The summed E-state index contributed by atoms with van der Waals surface area (Å²) in [6, 6.07) is 8.78. The van der Waals surface area contributed by atoms with Crippen molar-refractivity contribution in [1.82, 2.24) is 10.2 Å². The summed E-state index contributed by atoms with van der Waals surface area (Å²) in [5.74, 6) is 0.926. The predicted octanol–water partition coefficient (Wildman–Crippen LogP) is 2.70. The molecule has 0 aliphatic carbocycles. The summed E-state index contributed by atoms with van der Waals surface area (Å²) in [7, 11) is 5.58. The van der Waals surface area contributed by atoms with Gasteiger partial charge in [-0.05, 0) is 30.4 Å². The van der Waals surface area contributed by atoms with Gasteiger partial charge in [0, 0.05) is 40.9 Å². The number of aryl methyl sites for hydroxylation is 1. The molecule has 0 aliphatic rings. The predicted molar refractivity (Wildman–Crippen MR) is 101 cm³/mol. The zero-order valence-electron chi connectivity index (χ0n) is 15.7. The number of methoxy groups -OCH3 is 1. The lowest BCUT2D eigenvalue weighted by atomic mass is 10.1. The van der Waals surface area contributed by atoms with Gasteiger partial charge in [0.2, 0.25) is 0 Å². The molecule has 0 amide bonds. The van der Waals surface area contributed by atoms with Gasteiger partial charge < -0.3 is 19.7 Å². The van der Waals surface area contributed by atoms with Crippen molar-refractivity contribution in [1.29, 1.82) is 0 Å². The Kier molecular flexibility index (Phi) is 10.9. The molecule has 5 nitrogen and oxygen atoms in total. The van der Waals surface area contributed by atoms with Crippen LogP contribution in [0, 0.1) is 0 Å². The molecule has 24 heavy (non-hydrogen) atoms. The first-order valence-corrected chi connectivity index (χ1v) is 8.77. The Hall–Kier alpha value is -1.59. The fourth-order valence-corrected chi connectivity index (χ4v) is 2.39. The standard InChI is InChI=1S/C19H33N3O2/c1-5-17-8-10-18(11-9-17)16-22(3)19(20-2)21-12-6-7-13-24-15-14-23-4/h8-11H,5-7,12-16H2,1-4H3,(H,20,21). The Morgan fingerprint density at radius 1 is 1.08 bits per heavy atom. The highest BCUT2D eigenvalue weighted by atomic mass is 16.5.